The van der Waals surface area contributed by atoms with E-state index in [0.29, 0.717) is 10.1 Å². The van der Waals surface area contributed by atoms with Crippen LogP contribution >= 0.6 is 54.1 Å². The van der Waals surface area contributed by atoms with E-state index in [9.17, 15) is 0 Å². The Bertz CT molecular complexity index is 1200. The SMILES string of the molecule is [SH][Zr]([Cl])([Cl])([c]1cccc2c1C1C(=C2)CSC1Br)[CH]1c2ccccc2-c2ccccc21. The predicted octanol–water partition coefficient (Wildman–Crippen LogP) is 7.87. The molecular formula is C24H18BrCl2S2Zr. The van der Waals surface area contributed by atoms with E-state index in [4.69, 9.17) is 26.4 Å². The van der Waals surface area contributed by atoms with Crippen molar-refractivity contribution in [1.82, 2.24) is 0 Å². The summed E-state index contributed by atoms with van der Waals surface area (Å²) in [6, 6.07) is 23.5. The molecule has 0 amide bonds. The van der Waals surface area contributed by atoms with E-state index in [1.807, 2.05) is 11.8 Å². The molecule has 3 aliphatic rings. The molecule has 1 heterocycles. The molecule has 0 nitrogen and oxygen atoms in total. The first-order valence-corrected chi connectivity index (χ1v) is 24.6. The van der Waals surface area contributed by atoms with Crippen molar-refractivity contribution in [3.05, 3.63) is 94.6 Å². The summed E-state index contributed by atoms with van der Waals surface area (Å²) in [4.78, 5) is 0. The molecule has 2 atom stereocenters. The first kappa shape index (κ1) is 20.6. The maximum absolute atomic E-state index is 7.69. The number of halogens is 3. The van der Waals surface area contributed by atoms with Gasteiger partial charge in [-0.2, -0.15) is 0 Å². The van der Waals surface area contributed by atoms with Gasteiger partial charge in [-0.3, -0.25) is 0 Å². The molecule has 0 bridgehead atoms. The third-order valence-corrected chi connectivity index (χ3v) is 24.4. The summed E-state index contributed by atoms with van der Waals surface area (Å²) in [5.74, 6) is 1.37. The number of alkyl halides is 1. The fraction of sp³-hybridized carbons (Fsp3) is 0.167. The second-order valence-corrected chi connectivity index (χ2v) is 37.9. The molecule has 3 aromatic rings. The van der Waals surface area contributed by atoms with E-state index in [-0.39, 0.29) is 3.63 Å². The minimum atomic E-state index is -4.86. The first-order valence-electron chi connectivity index (χ1n) is 9.95. The normalized spacial score (nSPS) is 23.2. The van der Waals surface area contributed by atoms with Crippen LogP contribution in [0.25, 0.3) is 17.2 Å². The molecular weight excluding hydrogens is 594 g/mol. The van der Waals surface area contributed by atoms with Gasteiger partial charge in [-0.1, -0.05) is 0 Å². The molecule has 30 heavy (non-hydrogen) atoms. The molecule has 1 aliphatic heterocycles. The number of rotatable bonds is 2. The van der Waals surface area contributed by atoms with E-state index in [1.54, 1.807) is 0 Å². The van der Waals surface area contributed by atoms with Gasteiger partial charge >= 0.3 is 204 Å². The van der Waals surface area contributed by atoms with E-state index in [1.165, 1.54) is 39.0 Å². The van der Waals surface area contributed by atoms with E-state index in [0.717, 1.165) is 9.02 Å². The summed E-state index contributed by atoms with van der Waals surface area (Å²) in [6.07, 6.45) is 2.33. The Morgan fingerprint density at radius 1 is 0.900 bits per heavy atom. The van der Waals surface area contributed by atoms with Crippen molar-refractivity contribution in [3.8, 4) is 11.1 Å². The van der Waals surface area contributed by atoms with Crippen LogP contribution in [0.15, 0.2) is 72.3 Å². The molecule has 0 N–H and O–H groups in total. The van der Waals surface area contributed by atoms with Crippen molar-refractivity contribution in [2.24, 2.45) is 0 Å². The molecule has 6 heteroatoms. The number of thioether (sulfide) groups is 1. The molecule has 0 saturated carbocycles. The van der Waals surface area contributed by atoms with Crippen LogP contribution in [0.3, 0.4) is 0 Å². The van der Waals surface area contributed by atoms with Crippen molar-refractivity contribution < 1.29 is 14.9 Å². The second-order valence-electron chi connectivity index (χ2n) is 8.31. The van der Waals surface area contributed by atoms with E-state index in [2.05, 4.69) is 88.7 Å². The summed E-state index contributed by atoms with van der Waals surface area (Å²) < 4.78 is 1.37. The molecule has 1 saturated heterocycles. The molecule has 2 aliphatic carbocycles. The van der Waals surface area contributed by atoms with E-state index >= 15 is 0 Å². The Balaban J connectivity index is 1.62. The quantitative estimate of drug-likeness (QED) is 0.227. The van der Waals surface area contributed by atoms with Gasteiger partial charge < -0.3 is 0 Å². The standard InChI is InChI=1S/C13H9.C11H8BrS.2ClH.H2S.Zr/c1-3-7-12-10(5-1)9-11-6-2-4-8-13(11)12;12-11-10-8(6-13-11)5-7-3-1-2-4-9(7)10;;;;/h1-9H;1-3,5,10-11H,6H2;2*1H;1H2;/q;;;;;+3/p-3. The fourth-order valence-corrected chi connectivity index (χ4v) is 22.6. The Morgan fingerprint density at radius 2 is 1.53 bits per heavy atom. The topological polar surface area (TPSA) is 0 Å². The van der Waals surface area contributed by atoms with Crippen LogP contribution in [0, 0.1) is 0 Å². The van der Waals surface area contributed by atoms with Crippen molar-refractivity contribution in [3.63, 3.8) is 0 Å². The summed E-state index contributed by atoms with van der Waals surface area (Å²) in [6.45, 7) is 0. The van der Waals surface area contributed by atoms with Crippen molar-refractivity contribution in [2.45, 2.75) is 13.7 Å². The van der Waals surface area contributed by atoms with Crippen LogP contribution < -0.4 is 3.27 Å². The van der Waals surface area contributed by atoms with Crippen molar-refractivity contribution in [1.29, 1.82) is 0 Å². The van der Waals surface area contributed by atoms with Crippen LogP contribution in [0.1, 0.15) is 31.8 Å². The molecule has 3 aromatic carbocycles. The molecule has 151 valence electrons. The Kier molecular flexibility index (Phi) is 4.83. The average Bonchev–Trinajstić information content (AvgIpc) is 3.38. The van der Waals surface area contributed by atoms with Gasteiger partial charge in [0.1, 0.15) is 0 Å². The Labute approximate surface area is 201 Å². The van der Waals surface area contributed by atoms with Crippen LogP contribution in [0.4, 0.5) is 0 Å². The van der Waals surface area contributed by atoms with Gasteiger partial charge in [0.25, 0.3) is 0 Å². The average molecular weight is 613 g/mol. The van der Waals surface area contributed by atoms with Gasteiger partial charge in [0.15, 0.2) is 0 Å². The predicted molar refractivity (Wildman–Crippen MR) is 136 cm³/mol. The first-order chi connectivity index (χ1) is 14.4. The maximum atomic E-state index is 7.69. The summed E-state index contributed by atoms with van der Waals surface area (Å²) in [7, 11) is 20.7. The number of benzene rings is 3. The molecule has 0 radical (unpaired) electrons. The Hall–Kier alpha value is 0.0431. The summed E-state index contributed by atoms with van der Waals surface area (Å²) in [5, 5.41) is 0. The van der Waals surface area contributed by atoms with Gasteiger partial charge in [-0.25, -0.2) is 0 Å². The second kappa shape index (κ2) is 7.02. The van der Waals surface area contributed by atoms with Crippen LogP contribution in [-0.4, -0.2) is 9.91 Å². The molecule has 0 aromatic heterocycles. The van der Waals surface area contributed by atoms with Crippen molar-refractivity contribution >= 4 is 63.5 Å². The molecule has 0 spiro atoms. The zero-order valence-corrected chi connectivity index (χ0v) is 23.1. The fourth-order valence-electron chi connectivity index (χ4n) is 5.46. The molecule has 1 fully saturated rings. The zero-order chi connectivity index (χ0) is 20.7. The third kappa shape index (κ3) is 2.84. The van der Waals surface area contributed by atoms with Crippen LogP contribution in [0.5, 0.6) is 0 Å². The van der Waals surface area contributed by atoms with Crippen LogP contribution in [0.2, 0.25) is 0 Å². The van der Waals surface area contributed by atoms with Gasteiger partial charge in [0, 0.05) is 0 Å². The monoisotopic (exact) mass is 609 g/mol. The minimum absolute atomic E-state index is 0.0797. The number of hydrogen-bond donors (Lipinski definition) is 1. The zero-order valence-electron chi connectivity index (χ0n) is 15.9. The summed E-state index contributed by atoms with van der Waals surface area (Å²) >= 11 is 0.982. The number of fused-ring (bicyclic) bond motifs is 6. The Morgan fingerprint density at radius 3 is 2.20 bits per heavy atom. The molecule has 2 unspecified atom stereocenters. The van der Waals surface area contributed by atoms with Crippen LogP contribution in [-0.2, 0) is 14.9 Å². The van der Waals surface area contributed by atoms with Gasteiger partial charge in [0.05, 0.1) is 0 Å². The molecule has 6 rings (SSSR count). The van der Waals surface area contributed by atoms with Gasteiger partial charge in [0.2, 0.25) is 0 Å². The number of hydrogen-bond acceptors (Lipinski definition) is 2. The third-order valence-electron chi connectivity index (χ3n) is 6.67. The number of thiol groups is 1. The summed E-state index contributed by atoms with van der Waals surface area (Å²) in [5.41, 5.74) is 8.90. The van der Waals surface area contributed by atoms with E-state index < -0.39 is 14.9 Å². The van der Waals surface area contributed by atoms with Gasteiger partial charge in [-0.05, 0) is 0 Å². The van der Waals surface area contributed by atoms with Crippen molar-refractivity contribution in [2.75, 3.05) is 5.75 Å². The van der Waals surface area contributed by atoms with Gasteiger partial charge in [-0.15, -0.1) is 0 Å².